The number of nitrogens with one attached hydrogen (secondary N) is 1. The van der Waals surface area contributed by atoms with Crippen LogP contribution in [0.4, 0.5) is 0 Å². The molecule has 1 atom stereocenters. The lowest BCUT2D eigenvalue weighted by atomic mass is 9.82. The molecule has 1 amide bonds. The maximum absolute atomic E-state index is 12.1. The van der Waals surface area contributed by atoms with Crippen LogP contribution in [0.5, 0.6) is 0 Å². The second-order valence-electron chi connectivity index (χ2n) is 5.57. The number of aryl methyl sites for hydroxylation is 1. The Hall–Kier alpha value is -1.43. The number of carbonyl (C=O) groups excluding carboxylic acids is 1. The number of carboxylic acid groups (broad SMARTS) is 1. The van der Waals surface area contributed by atoms with Crippen molar-refractivity contribution < 1.29 is 14.7 Å². The topological polar surface area (TPSA) is 79.3 Å². The number of amides is 1. The van der Waals surface area contributed by atoms with E-state index in [2.05, 4.69) is 10.3 Å². The van der Waals surface area contributed by atoms with E-state index in [0.717, 1.165) is 22.7 Å². The molecule has 0 aromatic carbocycles. The number of hydrogen-bond acceptors (Lipinski definition) is 4. The summed E-state index contributed by atoms with van der Waals surface area (Å²) in [5.41, 5.74) is -0.859. The maximum Gasteiger partial charge on any atom is 0.310 e. The summed E-state index contributed by atoms with van der Waals surface area (Å²) in [5.74, 6) is -1.04. The molecule has 2 rings (SSSR count). The highest BCUT2D eigenvalue weighted by atomic mass is 32.1. The molecule has 1 heterocycles. The minimum Gasteiger partial charge on any atom is -0.481 e. The third kappa shape index (κ3) is 3.17. The van der Waals surface area contributed by atoms with E-state index in [1.165, 1.54) is 0 Å². The Kier molecular flexibility index (Phi) is 4.42. The fraction of sp³-hybridized carbons (Fsp3) is 0.643. The summed E-state index contributed by atoms with van der Waals surface area (Å²) in [4.78, 5) is 28.9. The van der Waals surface area contributed by atoms with Gasteiger partial charge in [0.15, 0.2) is 0 Å². The summed E-state index contributed by atoms with van der Waals surface area (Å²) in [7, 11) is 0. The van der Waals surface area contributed by atoms with Gasteiger partial charge in [-0.05, 0) is 26.7 Å². The van der Waals surface area contributed by atoms with E-state index >= 15 is 0 Å². The van der Waals surface area contributed by atoms with Crippen molar-refractivity contribution in [1.29, 1.82) is 0 Å². The van der Waals surface area contributed by atoms with Crippen molar-refractivity contribution in [3.63, 3.8) is 0 Å². The lowest BCUT2D eigenvalue weighted by molar-refractivity contribution is -0.151. The van der Waals surface area contributed by atoms with Crippen LogP contribution >= 0.6 is 11.3 Å². The van der Waals surface area contributed by atoms with Gasteiger partial charge in [0.05, 0.1) is 11.5 Å². The van der Waals surface area contributed by atoms with Crippen LogP contribution in [0.25, 0.3) is 0 Å². The Bertz CT molecular complexity index is 506. The molecule has 0 aliphatic heterocycles. The van der Waals surface area contributed by atoms with Crippen LogP contribution in [0.1, 0.15) is 55.0 Å². The Morgan fingerprint density at radius 2 is 2.15 bits per heavy atom. The molecule has 1 aromatic rings. The van der Waals surface area contributed by atoms with Crippen molar-refractivity contribution in [1.82, 2.24) is 10.3 Å². The Morgan fingerprint density at radius 1 is 1.50 bits per heavy atom. The Labute approximate surface area is 122 Å². The summed E-state index contributed by atoms with van der Waals surface area (Å²) < 4.78 is 0. The molecule has 1 aromatic heterocycles. The summed E-state index contributed by atoms with van der Waals surface area (Å²) in [6, 6.07) is -0.173. The molecule has 1 unspecified atom stereocenters. The zero-order valence-electron chi connectivity index (χ0n) is 11.8. The average Bonchev–Trinajstić information content (AvgIpc) is 2.98. The summed E-state index contributed by atoms with van der Waals surface area (Å²) in [6.45, 7) is 3.84. The molecule has 0 saturated heterocycles. The Balaban J connectivity index is 1.96. The largest absolute Gasteiger partial charge is 0.481 e. The highest BCUT2D eigenvalue weighted by Gasteiger charge is 2.43. The van der Waals surface area contributed by atoms with Crippen molar-refractivity contribution >= 4 is 23.2 Å². The molecule has 1 aliphatic carbocycles. The van der Waals surface area contributed by atoms with Gasteiger partial charge in [-0.15, -0.1) is 11.3 Å². The first-order chi connectivity index (χ1) is 9.43. The second kappa shape index (κ2) is 5.91. The van der Waals surface area contributed by atoms with Crippen molar-refractivity contribution in [2.45, 2.75) is 52.0 Å². The van der Waals surface area contributed by atoms with Crippen LogP contribution in [-0.2, 0) is 9.59 Å². The molecule has 5 nitrogen and oxygen atoms in total. The first kappa shape index (κ1) is 15.0. The summed E-state index contributed by atoms with van der Waals surface area (Å²) in [6.07, 6.45) is 4.82. The van der Waals surface area contributed by atoms with E-state index in [1.807, 2.05) is 13.8 Å². The molecular formula is C14H20N2O3S. The zero-order chi connectivity index (χ0) is 14.8. The minimum absolute atomic E-state index is 0.0665. The van der Waals surface area contributed by atoms with Crippen LogP contribution in [0.15, 0.2) is 6.20 Å². The molecule has 20 heavy (non-hydrogen) atoms. The normalized spacial score (nSPS) is 18.7. The van der Waals surface area contributed by atoms with Gasteiger partial charge >= 0.3 is 5.97 Å². The van der Waals surface area contributed by atoms with E-state index < -0.39 is 11.4 Å². The lowest BCUT2D eigenvalue weighted by Crippen LogP contribution is -2.36. The predicted molar refractivity (Wildman–Crippen MR) is 76.6 cm³/mol. The minimum atomic E-state index is -0.859. The van der Waals surface area contributed by atoms with E-state index in [4.69, 9.17) is 0 Å². The van der Waals surface area contributed by atoms with Crippen LogP contribution < -0.4 is 5.32 Å². The molecule has 0 radical (unpaired) electrons. The third-order valence-electron chi connectivity index (χ3n) is 3.90. The number of rotatable bonds is 5. The number of aromatic nitrogens is 1. The van der Waals surface area contributed by atoms with Crippen LogP contribution in [0.3, 0.4) is 0 Å². The fourth-order valence-electron chi connectivity index (χ4n) is 2.75. The van der Waals surface area contributed by atoms with Gasteiger partial charge in [0.2, 0.25) is 5.91 Å². The van der Waals surface area contributed by atoms with Gasteiger partial charge in [0, 0.05) is 17.5 Å². The first-order valence-electron chi connectivity index (χ1n) is 6.88. The van der Waals surface area contributed by atoms with Gasteiger partial charge < -0.3 is 10.4 Å². The third-order valence-corrected chi connectivity index (χ3v) is 5.00. The van der Waals surface area contributed by atoms with Crippen molar-refractivity contribution in [3.05, 3.63) is 16.1 Å². The molecule has 1 aliphatic rings. The van der Waals surface area contributed by atoms with Crippen molar-refractivity contribution in [2.75, 3.05) is 0 Å². The number of hydrogen-bond donors (Lipinski definition) is 2. The number of carboxylic acids is 1. The molecule has 1 saturated carbocycles. The Morgan fingerprint density at radius 3 is 2.65 bits per heavy atom. The monoisotopic (exact) mass is 296 g/mol. The van der Waals surface area contributed by atoms with Crippen LogP contribution in [0.2, 0.25) is 0 Å². The predicted octanol–water partition coefficient (Wildman–Crippen LogP) is 2.66. The molecule has 6 heteroatoms. The van der Waals surface area contributed by atoms with Gasteiger partial charge in [-0.2, -0.15) is 0 Å². The second-order valence-corrected chi connectivity index (χ2v) is 6.83. The van der Waals surface area contributed by atoms with Crippen LogP contribution in [0, 0.1) is 12.3 Å². The lowest BCUT2D eigenvalue weighted by Gasteiger charge is -2.23. The fourth-order valence-corrected chi connectivity index (χ4v) is 3.53. The van der Waals surface area contributed by atoms with Crippen molar-refractivity contribution in [3.8, 4) is 0 Å². The summed E-state index contributed by atoms with van der Waals surface area (Å²) >= 11 is 1.54. The molecule has 0 spiro atoms. The maximum atomic E-state index is 12.1. The zero-order valence-corrected chi connectivity index (χ0v) is 12.6. The quantitative estimate of drug-likeness (QED) is 0.875. The summed E-state index contributed by atoms with van der Waals surface area (Å²) in [5, 5.41) is 13.1. The van der Waals surface area contributed by atoms with Gasteiger partial charge in [0.1, 0.15) is 5.01 Å². The SMILES string of the molecule is Cc1cnc(C(C)NC(=O)CC2(C(=O)O)CCCC2)s1. The van der Waals surface area contributed by atoms with Crippen LogP contribution in [-0.4, -0.2) is 22.0 Å². The molecule has 0 bridgehead atoms. The molecular weight excluding hydrogens is 276 g/mol. The number of nitrogens with zero attached hydrogens (tertiary/aromatic N) is 1. The van der Waals surface area contributed by atoms with Crippen molar-refractivity contribution in [2.24, 2.45) is 5.41 Å². The molecule has 110 valence electrons. The first-order valence-corrected chi connectivity index (χ1v) is 7.70. The van der Waals surface area contributed by atoms with E-state index in [9.17, 15) is 14.7 Å². The standard InChI is InChI=1S/C14H20N2O3S/c1-9-8-15-12(20-9)10(2)16-11(17)7-14(13(18)19)5-3-4-6-14/h8,10H,3-7H2,1-2H3,(H,16,17)(H,18,19). The van der Waals surface area contributed by atoms with Gasteiger partial charge in [-0.25, -0.2) is 4.98 Å². The number of carbonyl (C=O) groups is 2. The van der Waals surface area contributed by atoms with E-state index in [0.29, 0.717) is 12.8 Å². The van der Waals surface area contributed by atoms with Gasteiger partial charge in [0.25, 0.3) is 0 Å². The van der Waals surface area contributed by atoms with Gasteiger partial charge in [-0.1, -0.05) is 12.8 Å². The highest BCUT2D eigenvalue weighted by Crippen LogP contribution is 2.41. The smallest absolute Gasteiger partial charge is 0.310 e. The molecule has 2 N–H and O–H groups in total. The average molecular weight is 296 g/mol. The van der Waals surface area contributed by atoms with E-state index in [1.54, 1.807) is 17.5 Å². The van der Waals surface area contributed by atoms with E-state index in [-0.39, 0.29) is 18.4 Å². The number of thiazole rings is 1. The number of aliphatic carboxylic acids is 1. The van der Waals surface area contributed by atoms with Gasteiger partial charge in [-0.3, -0.25) is 9.59 Å². The molecule has 1 fully saturated rings. The highest BCUT2D eigenvalue weighted by molar-refractivity contribution is 7.11.